The second-order valence-corrected chi connectivity index (χ2v) is 2.95. The summed E-state index contributed by atoms with van der Waals surface area (Å²) >= 11 is 5.72. The van der Waals surface area contributed by atoms with E-state index in [1.807, 2.05) is 0 Å². The van der Waals surface area contributed by atoms with E-state index in [0.29, 0.717) is 22.8 Å². The number of rotatable bonds is 2. The molecule has 0 aliphatic carbocycles. The highest BCUT2D eigenvalue weighted by molar-refractivity contribution is 6.33. The van der Waals surface area contributed by atoms with Gasteiger partial charge in [-0.05, 0) is 24.1 Å². The summed E-state index contributed by atoms with van der Waals surface area (Å²) in [6.07, 6.45) is 0.507. The molecule has 0 aliphatic rings. The molecule has 0 saturated carbocycles. The van der Waals surface area contributed by atoms with Crippen molar-refractivity contribution < 1.29 is 5.11 Å². The zero-order chi connectivity index (χ0) is 9.14. The van der Waals surface area contributed by atoms with E-state index in [-0.39, 0.29) is 19.0 Å². The monoisotopic (exact) mass is 222 g/mol. The highest BCUT2D eigenvalue weighted by Gasteiger charge is 2.02. The van der Waals surface area contributed by atoms with Crippen LogP contribution in [0, 0.1) is 0 Å². The molecule has 0 bridgehead atoms. The fourth-order valence-corrected chi connectivity index (χ4v) is 1.16. The number of nitrogen functional groups attached to an aromatic ring is 2. The lowest BCUT2D eigenvalue weighted by atomic mass is 10.1. The van der Waals surface area contributed by atoms with Crippen LogP contribution in [0.5, 0.6) is 0 Å². The van der Waals surface area contributed by atoms with Crippen LogP contribution in [0.3, 0.4) is 0 Å². The van der Waals surface area contributed by atoms with Gasteiger partial charge >= 0.3 is 0 Å². The molecule has 1 rings (SSSR count). The standard InChI is InChI=1S/C8H11ClN2O.ClH/c9-6-4-7(10)5(1-2-12)3-8(6)11;/h3-4,12H,1-2,10-11H2;1H. The summed E-state index contributed by atoms with van der Waals surface area (Å²) in [4.78, 5) is 0. The summed E-state index contributed by atoms with van der Waals surface area (Å²) in [5, 5.41) is 9.13. The Morgan fingerprint density at radius 2 is 1.85 bits per heavy atom. The van der Waals surface area contributed by atoms with Gasteiger partial charge in [-0.1, -0.05) is 11.6 Å². The van der Waals surface area contributed by atoms with Crippen molar-refractivity contribution in [2.75, 3.05) is 18.1 Å². The number of nitrogens with two attached hydrogens (primary N) is 2. The van der Waals surface area contributed by atoms with E-state index < -0.39 is 0 Å². The third-order valence-corrected chi connectivity index (χ3v) is 1.97. The van der Waals surface area contributed by atoms with Crippen molar-refractivity contribution in [2.45, 2.75) is 6.42 Å². The van der Waals surface area contributed by atoms with Crippen molar-refractivity contribution in [2.24, 2.45) is 0 Å². The Kier molecular flexibility index (Phi) is 4.91. The molecule has 5 heteroatoms. The molecule has 1 aromatic carbocycles. The lowest BCUT2D eigenvalue weighted by Gasteiger charge is -2.06. The molecule has 0 spiro atoms. The molecular weight excluding hydrogens is 211 g/mol. The largest absolute Gasteiger partial charge is 0.398 e. The van der Waals surface area contributed by atoms with Crippen LogP contribution in [0.15, 0.2) is 12.1 Å². The van der Waals surface area contributed by atoms with Crippen LogP contribution in [0.4, 0.5) is 11.4 Å². The minimum atomic E-state index is 0. The zero-order valence-corrected chi connectivity index (χ0v) is 8.53. The highest BCUT2D eigenvalue weighted by atomic mass is 35.5. The Hall–Kier alpha value is -0.640. The van der Waals surface area contributed by atoms with Gasteiger partial charge in [0.05, 0.1) is 10.7 Å². The lowest BCUT2D eigenvalue weighted by Crippen LogP contribution is -1.99. The first-order chi connectivity index (χ1) is 5.65. The second-order valence-electron chi connectivity index (χ2n) is 2.55. The molecular formula is C8H12Cl2N2O. The van der Waals surface area contributed by atoms with Crippen molar-refractivity contribution >= 4 is 35.4 Å². The first-order valence-electron chi connectivity index (χ1n) is 3.59. The van der Waals surface area contributed by atoms with Crippen LogP contribution in [0.25, 0.3) is 0 Å². The van der Waals surface area contributed by atoms with E-state index in [4.69, 9.17) is 28.2 Å². The van der Waals surface area contributed by atoms with Crippen LogP contribution < -0.4 is 11.5 Å². The smallest absolute Gasteiger partial charge is 0.0656 e. The number of halogens is 2. The molecule has 0 heterocycles. The predicted octanol–water partition coefficient (Wildman–Crippen LogP) is 1.46. The normalized spacial score (nSPS) is 9.38. The molecule has 0 radical (unpaired) electrons. The summed E-state index contributed by atoms with van der Waals surface area (Å²) in [6, 6.07) is 3.29. The van der Waals surface area contributed by atoms with E-state index in [2.05, 4.69) is 0 Å². The molecule has 0 aliphatic heterocycles. The van der Waals surface area contributed by atoms with E-state index in [9.17, 15) is 0 Å². The number of hydrogen-bond donors (Lipinski definition) is 3. The molecule has 0 saturated heterocycles. The quantitative estimate of drug-likeness (QED) is 0.664. The van der Waals surface area contributed by atoms with Gasteiger partial charge < -0.3 is 16.6 Å². The summed E-state index contributed by atoms with van der Waals surface area (Å²) in [6.45, 7) is 0.0608. The molecule has 5 N–H and O–H groups in total. The van der Waals surface area contributed by atoms with Crippen molar-refractivity contribution in [3.05, 3.63) is 22.7 Å². The Balaban J connectivity index is 0.00000144. The van der Waals surface area contributed by atoms with Crippen molar-refractivity contribution in [1.82, 2.24) is 0 Å². The molecule has 0 atom stereocenters. The Morgan fingerprint density at radius 1 is 1.23 bits per heavy atom. The van der Waals surface area contributed by atoms with Gasteiger partial charge in [-0.3, -0.25) is 0 Å². The van der Waals surface area contributed by atoms with Crippen LogP contribution >= 0.6 is 24.0 Å². The van der Waals surface area contributed by atoms with Gasteiger partial charge in [0.25, 0.3) is 0 Å². The first kappa shape index (κ1) is 12.4. The highest BCUT2D eigenvalue weighted by Crippen LogP contribution is 2.25. The van der Waals surface area contributed by atoms with E-state index in [1.54, 1.807) is 12.1 Å². The average Bonchev–Trinajstić information content (AvgIpc) is 2.01. The van der Waals surface area contributed by atoms with E-state index >= 15 is 0 Å². The maximum Gasteiger partial charge on any atom is 0.0656 e. The molecule has 0 amide bonds. The van der Waals surface area contributed by atoms with Crippen molar-refractivity contribution in [1.29, 1.82) is 0 Å². The molecule has 0 fully saturated rings. The summed E-state index contributed by atoms with van der Waals surface area (Å²) in [5.41, 5.74) is 13.1. The van der Waals surface area contributed by atoms with E-state index in [0.717, 1.165) is 5.56 Å². The summed E-state index contributed by atoms with van der Waals surface area (Å²) in [5.74, 6) is 0. The lowest BCUT2D eigenvalue weighted by molar-refractivity contribution is 0.300. The third-order valence-electron chi connectivity index (χ3n) is 1.64. The number of anilines is 2. The minimum absolute atomic E-state index is 0. The topological polar surface area (TPSA) is 72.3 Å². The Labute approximate surface area is 88.1 Å². The van der Waals surface area contributed by atoms with Gasteiger partial charge in [-0.15, -0.1) is 12.4 Å². The first-order valence-corrected chi connectivity index (χ1v) is 3.97. The average molecular weight is 223 g/mol. The van der Waals surface area contributed by atoms with Crippen LogP contribution in [-0.2, 0) is 6.42 Å². The Bertz CT molecular complexity index is 292. The van der Waals surface area contributed by atoms with Crippen LogP contribution in [0.2, 0.25) is 5.02 Å². The third kappa shape index (κ3) is 2.95. The van der Waals surface area contributed by atoms with Crippen molar-refractivity contribution in [3.8, 4) is 0 Å². The number of aliphatic hydroxyl groups excluding tert-OH is 1. The van der Waals surface area contributed by atoms with E-state index in [1.165, 1.54) is 0 Å². The van der Waals surface area contributed by atoms with Crippen molar-refractivity contribution in [3.63, 3.8) is 0 Å². The number of hydrogen-bond acceptors (Lipinski definition) is 3. The fraction of sp³-hybridized carbons (Fsp3) is 0.250. The molecule has 0 unspecified atom stereocenters. The van der Waals surface area contributed by atoms with Gasteiger partial charge in [-0.2, -0.15) is 0 Å². The van der Waals surface area contributed by atoms with Gasteiger partial charge in [-0.25, -0.2) is 0 Å². The fourth-order valence-electron chi connectivity index (χ4n) is 0.989. The maximum atomic E-state index is 8.67. The summed E-state index contributed by atoms with van der Waals surface area (Å²) < 4.78 is 0. The maximum absolute atomic E-state index is 8.67. The second kappa shape index (κ2) is 5.17. The molecule has 1 aromatic rings. The van der Waals surface area contributed by atoms with Gasteiger partial charge in [0, 0.05) is 12.3 Å². The molecule has 74 valence electrons. The Morgan fingerprint density at radius 3 is 2.38 bits per heavy atom. The number of benzene rings is 1. The predicted molar refractivity (Wildman–Crippen MR) is 58.3 cm³/mol. The van der Waals surface area contributed by atoms with Gasteiger partial charge in [0.1, 0.15) is 0 Å². The van der Waals surface area contributed by atoms with Crippen LogP contribution in [0.1, 0.15) is 5.56 Å². The molecule has 3 nitrogen and oxygen atoms in total. The van der Waals surface area contributed by atoms with Gasteiger partial charge in [0.15, 0.2) is 0 Å². The molecule has 13 heavy (non-hydrogen) atoms. The summed E-state index contributed by atoms with van der Waals surface area (Å²) in [7, 11) is 0. The number of aliphatic hydroxyl groups is 1. The molecule has 0 aromatic heterocycles. The SMILES string of the molecule is Cl.Nc1cc(CCO)c(N)cc1Cl. The van der Waals surface area contributed by atoms with Gasteiger partial charge in [0.2, 0.25) is 0 Å². The minimum Gasteiger partial charge on any atom is -0.398 e. The zero-order valence-electron chi connectivity index (χ0n) is 6.96. The van der Waals surface area contributed by atoms with Crippen LogP contribution in [-0.4, -0.2) is 11.7 Å².